The number of benzene rings is 8. The highest BCUT2D eigenvalue weighted by atomic mass is 16.3. The second-order valence-corrected chi connectivity index (χ2v) is 12.8. The zero-order valence-electron chi connectivity index (χ0n) is 27.1. The molecule has 0 spiro atoms. The Labute approximate surface area is 289 Å². The van der Waals surface area contributed by atoms with E-state index < -0.39 is 0 Å². The average Bonchev–Trinajstić information content (AvgIpc) is 3.57. The van der Waals surface area contributed by atoms with E-state index in [-0.39, 0.29) is 0 Å². The van der Waals surface area contributed by atoms with Gasteiger partial charge < -0.3 is 9.32 Å². The number of fused-ring (bicyclic) bond motifs is 7. The molecule has 8 aromatic carbocycles. The van der Waals surface area contributed by atoms with E-state index in [0.717, 1.165) is 44.2 Å². The van der Waals surface area contributed by atoms with Crippen LogP contribution in [0.2, 0.25) is 0 Å². The van der Waals surface area contributed by atoms with Gasteiger partial charge in [0.2, 0.25) is 5.71 Å². The highest BCUT2D eigenvalue weighted by molar-refractivity contribution is 6.17. The third-order valence-electron chi connectivity index (χ3n) is 9.90. The van der Waals surface area contributed by atoms with Gasteiger partial charge in [0.1, 0.15) is 5.58 Å². The van der Waals surface area contributed by atoms with Crippen LogP contribution in [0.3, 0.4) is 0 Å². The van der Waals surface area contributed by atoms with Crippen molar-refractivity contribution >= 4 is 71.4 Å². The third-order valence-corrected chi connectivity index (χ3v) is 9.90. The minimum absolute atomic E-state index is 0.631. The molecular formula is C47H30N2O. The molecule has 0 saturated carbocycles. The molecule has 0 saturated heterocycles. The molecule has 0 bridgehead atoms. The predicted molar refractivity (Wildman–Crippen MR) is 210 cm³/mol. The number of hydrogen-bond donors (Lipinski definition) is 0. The number of rotatable bonds is 5. The lowest BCUT2D eigenvalue weighted by atomic mass is 9.95. The van der Waals surface area contributed by atoms with Gasteiger partial charge in [-0.1, -0.05) is 133 Å². The molecule has 0 fully saturated rings. The SMILES string of the molecule is c1ccc(N(c2ccc(-c3cccc4ccccc34)cc2)c2cnc3oc4c5cccc(-c6ccc7ccccc7c6)c5ccc4c3c2)cc1. The first-order valence-corrected chi connectivity index (χ1v) is 17.0. The maximum absolute atomic E-state index is 6.54. The Morgan fingerprint density at radius 2 is 1.00 bits per heavy atom. The summed E-state index contributed by atoms with van der Waals surface area (Å²) in [5.41, 5.74) is 9.36. The van der Waals surface area contributed by atoms with E-state index in [4.69, 9.17) is 9.40 Å². The van der Waals surface area contributed by atoms with E-state index in [9.17, 15) is 0 Å². The lowest BCUT2D eigenvalue weighted by Gasteiger charge is -2.25. The van der Waals surface area contributed by atoms with E-state index in [1.54, 1.807) is 0 Å². The van der Waals surface area contributed by atoms with Gasteiger partial charge in [-0.2, -0.15) is 0 Å². The number of anilines is 3. The fraction of sp³-hybridized carbons (Fsp3) is 0. The molecule has 0 aliphatic carbocycles. The first-order chi connectivity index (χ1) is 24.8. The predicted octanol–water partition coefficient (Wildman–Crippen LogP) is 13.2. The van der Waals surface area contributed by atoms with Crippen molar-refractivity contribution in [1.29, 1.82) is 0 Å². The molecule has 2 aromatic heterocycles. The molecule has 10 rings (SSSR count). The number of nitrogens with zero attached hydrogens (tertiary/aromatic N) is 2. The molecular weight excluding hydrogens is 609 g/mol. The van der Waals surface area contributed by atoms with Crippen molar-refractivity contribution in [2.75, 3.05) is 4.90 Å². The molecule has 0 radical (unpaired) electrons. The average molecular weight is 639 g/mol. The normalized spacial score (nSPS) is 11.6. The summed E-state index contributed by atoms with van der Waals surface area (Å²) >= 11 is 0. The fourth-order valence-corrected chi connectivity index (χ4v) is 7.49. The van der Waals surface area contributed by atoms with Crippen LogP contribution in [-0.4, -0.2) is 4.98 Å². The van der Waals surface area contributed by atoms with Gasteiger partial charge in [0.25, 0.3) is 0 Å². The van der Waals surface area contributed by atoms with Crippen molar-refractivity contribution in [2.24, 2.45) is 0 Å². The van der Waals surface area contributed by atoms with Crippen molar-refractivity contribution in [1.82, 2.24) is 4.98 Å². The van der Waals surface area contributed by atoms with Gasteiger partial charge in [-0.15, -0.1) is 0 Å². The van der Waals surface area contributed by atoms with Gasteiger partial charge >= 0.3 is 0 Å². The van der Waals surface area contributed by atoms with Crippen LogP contribution in [0.1, 0.15) is 0 Å². The number of para-hydroxylation sites is 1. The van der Waals surface area contributed by atoms with Gasteiger partial charge in [-0.05, 0) is 91.6 Å². The summed E-state index contributed by atoms with van der Waals surface area (Å²) < 4.78 is 6.54. The molecule has 0 N–H and O–H groups in total. The molecule has 2 heterocycles. The molecule has 0 aliphatic heterocycles. The van der Waals surface area contributed by atoms with Crippen molar-refractivity contribution in [2.45, 2.75) is 0 Å². The van der Waals surface area contributed by atoms with Gasteiger partial charge in [0, 0.05) is 22.1 Å². The summed E-state index contributed by atoms with van der Waals surface area (Å²) in [5.74, 6) is 0. The lowest BCUT2D eigenvalue weighted by Crippen LogP contribution is -2.10. The van der Waals surface area contributed by atoms with E-state index in [2.05, 4.69) is 175 Å². The smallest absolute Gasteiger partial charge is 0.227 e. The minimum Gasteiger partial charge on any atom is -0.437 e. The summed E-state index contributed by atoms with van der Waals surface area (Å²) in [7, 11) is 0. The van der Waals surface area contributed by atoms with Crippen molar-refractivity contribution in [3.8, 4) is 22.3 Å². The van der Waals surface area contributed by atoms with Crippen LogP contribution in [0.5, 0.6) is 0 Å². The molecule has 3 heteroatoms. The van der Waals surface area contributed by atoms with Crippen molar-refractivity contribution in [3.05, 3.63) is 182 Å². The zero-order chi connectivity index (χ0) is 33.0. The topological polar surface area (TPSA) is 29.3 Å². The van der Waals surface area contributed by atoms with Gasteiger partial charge in [-0.25, -0.2) is 4.98 Å². The monoisotopic (exact) mass is 638 g/mol. The number of aromatic nitrogens is 1. The van der Waals surface area contributed by atoms with Crippen LogP contribution < -0.4 is 4.90 Å². The first-order valence-electron chi connectivity index (χ1n) is 17.0. The van der Waals surface area contributed by atoms with Crippen molar-refractivity contribution in [3.63, 3.8) is 0 Å². The third kappa shape index (κ3) is 4.63. The lowest BCUT2D eigenvalue weighted by molar-refractivity contribution is 0.657. The highest BCUT2D eigenvalue weighted by Crippen LogP contribution is 2.41. The van der Waals surface area contributed by atoms with Crippen LogP contribution in [-0.2, 0) is 0 Å². The quantitative estimate of drug-likeness (QED) is 0.188. The number of furan rings is 1. The molecule has 50 heavy (non-hydrogen) atoms. The molecule has 0 aliphatic rings. The van der Waals surface area contributed by atoms with Gasteiger partial charge in [0.05, 0.1) is 17.3 Å². The highest BCUT2D eigenvalue weighted by Gasteiger charge is 2.18. The maximum Gasteiger partial charge on any atom is 0.227 e. The first kappa shape index (κ1) is 28.3. The van der Waals surface area contributed by atoms with Crippen LogP contribution in [0.15, 0.2) is 187 Å². The second kappa shape index (κ2) is 11.5. The Morgan fingerprint density at radius 3 is 1.86 bits per heavy atom. The molecule has 0 unspecified atom stereocenters. The van der Waals surface area contributed by atoms with Crippen LogP contribution in [0, 0.1) is 0 Å². The molecule has 3 nitrogen and oxygen atoms in total. The summed E-state index contributed by atoms with van der Waals surface area (Å²) in [6.45, 7) is 0. The summed E-state index contributed by atoms with van der Waals surface area (Å²) in [6, 6.07) is 62.6. The van der Waals surface area contributed by atoms with Crippen LogP contribution in [0.25, 0.3) is 76.6 Å². The summed E-state index contributed by atoms with van der Waals surface area (Å²) in [4.78, 5) is 7.16. The second-order valence-electron chi connectivity index (χ2n) is 12.8. The van der Waals surface area contributed by atoms with E-state index in [0.29, 0.717) is 5.71 Å². The Balaban J connectivity index is 1.09. The molecule has 10 aromatic rings. The minimum atomic E-state index is 0.631. The molecule has 0 atom stereocenters. The molecule has 234 valence electrons. The number of hydrogen-bond acceptors (Lipinski definition) is 3. The van der Waals surface area contributed by atoms with Crippen LogP contribution >= 0.6 is 0 Å². The summed E-state index contributed by atoms with van der Waals surface area (Å²) in [5, 5.41) is 9.24. The Bertz CT molecular complexity index is 2870. The largest absolute Gasteiger partial charge is 0.437 e. The van der Waals surface area contributed by atoms with E-state index >= 15 is 0 Å². The molecule has 0 amide bonds. The van der Waals surface area contributed by atoms with Gasteiger partial charge in [-0.3, -0.25) is 0 Å². The van der Waals surface area contributed by atoms with Crippen LogP contribution in [0.4, 0.5) is 17.1 Å². The Kier molecular flexibility index (Phi) is 6.49. The van der Waals surface area contributed by atoms with Gasteiger partial charge in [0.15, 0.2) is 0 Å². The number of pyridine rings is 1. The standard InChI is InChI=1S/C47H30N2O/c1-2-14-36(15-3-1)49(37-24-22-33(23-25-37)40-17-8-13-32-11-6-7-16-39(32)40)38-29-45-44-27-26-42-41(35-21-20-31-10-4-5-12-34(31)28-35)18-9-19-43(42)46(44)50-47(45)48-30-38/h1-30H. The zero-order valence-corrected chi connectivity index (χ0v) is 27.1. The fourth-order valence-electron chi connectivity index (χ4n) is 7.49. The Hall–Kier alpha value is -6.71. The summed E-state index contributed by atoms with van der Waals surface area (Å²) in [6.07, 6.45) is 1.92. The Morgan fingerprint density at radius 1 is 0.380 bits per heavy atom. The van der Waals surface area contributed by atoms with E-state index in [1.165, 1.54) is 43.8 Å². The van der Waals surface area contributed by atoms with Crippen molar-refractivity contribution < 1.29 is 4.42 Å². The van der Waals surface area contributed by atoms with E-state index in [1.807, 2.05) is 12.3 Å². The maximum atomic E-state index is 6.54.